The van der Waals surface area contributed by atoms with E-state index >= 15 is 0 Å². The Balaban J connectivity index is 1.62. The van der Waals surface area contributed by atoms with Crippen LogP contribution in [0.2, 0.25) is 0 Å². The second-order valence-electron chi connectivity index (χ2n) is 5.99. The Morgan fingerprint density at radius 2 is 2.07 bits per heavy atom. The molecule has 3 rings (SSSR count). The minimum atomic E-state index is -0.189. The van der Waals surface area contributed by atoms with Gasteiger partial charge in [-0.1, -0.05) is 6.07 Å². The minimum Gasteiger partial charge on any atom is -0.475 e. The Kier molecular flexibility index (Phi) is 6.95. The van der Waals surface area contributed by atoms with Gasteiger partial charge >= 0.3 is 0 Å². The SMILES string of the molecule is COCCOc1cc(C(=O)NCc2cccnc2N2CCOCC2)ccn1. The highest BCUT2D eigenvalue weighted by Gasteiger charge is 2.16. The largest absolute Gasteiger partial charge is 0.475 e. The number of carbonyl (C=O) groups excluding carboxylic acids is 1. The van der Waals surface area contributed by atoms with Crippen LogP contribution >= 0.6 is 0 Å². The molecule has 1 aliphatic heterocycles. The summed E-state index contributed by atoms with van der Waals surface area (Å²) in [4.78, 5) is 23.3. The molecule has 0 saturated carbocycles. The van der Waals surface area contributed by atoms with Gasteiger partial charge in [-0.25, -0.2) is 9.97 Å². The number of hydrogen-bond acceptors (Lipinski definition) is 7. The first kappa shape index (κ1) is 19.1. The van der Waals surface area contributed by atoms with Gasteiger partial charge in [0.2, 0.25) is 5.88 Å². The number of aromatic nitrogens is 2. The molecular formula is C19H24N4O4. The van der Waals surface area contributed by atoms with Crippen LogP contribution in [0.5, 0.6) is 5.88 Å². The number of anilines is 1. The zero-order valence-electron chi connectivity index (χ0n) is 15.4. The fourth-order valence-corrected chi connectivity index (χ4v) is 2.76. The Morgan fingerprint density at radius 1 is 1.22 bits per heavy atom. The predicted molar refractivity (Wildman–Crippen MR) is 100 cm³/mol. The lowest BCUT2D eigenvalue weighted by molar-refractivity contribution is 0.0949. The second-order valence-corrected chi connectivity index (χ2v) is 5.99. The lowest BCUT2D eigenvalue weighted by atomic mass is 10.2. The number of methoxy groups -OCH3 is 1. The van der Waals surface area contributed by atoms with Crippen LogP contribution in [-0.2, 0) is 16.0 Å². The maximum Gasteiger partial charge on any atom is 0.251 e. The van der Waals surface area contributed by atoms with Crippen molar-refractivity contribution in [1.29, 1.82) is 0 Å². The summed E-state index contributed by atoms with van der Waals surface area (Å²) in [5.74, 6) is 1.10. The summed E-state index contributed by atoms with van der Waals surface area (Å²) in [6, 6.07) is 7.13. The van der Waals surface area contributed by atoms with Crippen molar-refractivity contribution < 1.29 is 19.0 Å². The molecule has 0 aliphatic carbocycles. The third-order valence-corrected chi connectivity index (χ3v) is 4.15. The Hall–Kier alpha value is -2.71. The standard InChI is InChI=1S/C19H24N4O4/c1-25-11-12-27-17-13-15(4-6-20-17)19(24)22-14-16-3-2-5-21-18(16)23-7-9-26-10-8-23/h2-6,13H,7-12,14H2,1H3,(H,22,24). The van der Waals surface area contributed by atoms with Gasteiger partial charge in [0.25, 0.3) is 5.91 Å². The van der Waals surface area contributed by atoms with E-state index in [9.17, 15) is 4.79 Å². The number of nitrogens with zero attached hydrogens (tertiary/aromatic N) is 3. The van der Waals surface area contributed by atoms with E-state index in [1.165, 1.54) is 0 Å². The molecule has 8 nitrogen and oxygen atoms in total. The number of nitrogens with one attached hydrogen (secondary N) is 1. The molecule has 1 N–H and O–H groups in total. The van der Waals surface area contributed by atoms with E-state index in [2.05, 4.69) is 20.2 Å². The van der Waals surface area contributed by atoms with Crippen LogP contribution in [-0.4, -0.2) is 62.5 Å². The molecule has 1 amide bonds. The van der Waals surface area contributed by atoms with Gasteiger partial charge in [0.15, 0.2) is 0 Å². The molecule has 144 valence electrons. The molecule has 2 aromatic heterocycles. The Labute approximate surface area is 158 Å². The maximum atomic E-state index is 12.5. The first-order valence-electron chi connectivity index (χ1n) is 8.90. The molecule has 27 heavy (non-hydrogen) atoms. The quantitative estimate of drug-likeness (QED) is 0.699. The van der Waals surface area contributed by atoms with Crippen molar-refractivity contribution in [2.75, 3.05) is 51.5 Å². The molecule has 2 aromatic rings. The summed E-state index contributed by atoms with van der Waals surface area (Å²) in [5, 5.41) is 2.94. The summed E-state index contributed by atoms with van der Waals surface area (Å²) < 4.78 is 15.8. The van der Waals surface area contributed by atoms with Crippen molar-refractivity contribution in [3.63, 3.8) is 0 Å². The number of pyridine rings is 2. The highest BCUT2D eigenvalue weighted by molar-refractivity contribution is 5.94. The summed E-state index contributed by atoms with van der Waals surface area (Å²) in [7, 11) is 1.60. The predicted octanol–water partition coefficient (Wildman–Crippen LogP) is 1.27. The summed E-state index contributed by atoms with van der Waals surface area (Å²) in [6.45, 7) is 4.20. The molecule has 0 aromatic carbocycles. The summed E-state index contributed by atoms with van der Waals surface area (Å²) >= 11 is 0. The van der Waals surface area contributed by atoms with Crippen LogP contribution in [0.1, 0.15) is 15.9 Å². The number of rotatable bonds is 8. The summed E-state index contributed by atoms with van der Waals surface area (Å²) in [5.41, 5.74) is 1.47. The third kappa shape index (κ3) is 5.38. The van der Waals surface area contributed by atoms with E-state index in [1.807, 2.05) is 12.1 Å². The number of ether oxygens (including phenoxy) is 3. The molecule has 0 atom stereocenters. The van der Waals surface area contributed by atoms with Crippen molar-refractivity contribution in [3.8, 4) is 5.88 Å². The van der Waals surface area contributed by atoms with Gasteiger partial charge in [-0.3, -0.25) is 4.79 Å². The average Bonchev–Trinajstić information content (AvgIpc) is 2.73. The fourth-order valence-electron chi connectivity index (χ4n) is 2.76. The normalized spacial score (nSPS) is 14.0. The molecule has 1 saturated heterocycles. The van der Waals surface area contributed by atoms with Crippen molar-refractivity contribution in [1.82, 2.24) is 15.3 Å². The lowest BCUT2D eigenvalue weighted by Crippen LogP contribution is -2.37. The second kappa shape index (κ2) is 9.84. The fraction of sp³-hybridized carbons (Fsp3) is 0.421. The molecule has 1 fully saturated rings. The molecule has 0 unspecified atom stereocenters. The zero-order valence-corrected chi connectivity index (χ0v) is 15.4. The topological polar surface area (TPSA) is 85.8 Å². The lowest BCUT2D eigenvalue weighted by Gasteiger charge is -2.29. The van der Waals surface area contributed by atoms with Gasteiger partial charge in [0.05, 0.1) is 19.8 Å². The maximum absolute atomic E-state index is 12.5. The Bertz CT molecular complexity index is 750. The molecule has 8 heteroatoms. The van der Waals surface area contributed by atoms with E-state index in [1.54, 1.807) is 31.6 Å². The molecular weight excluding hydrogens is 348 g/mol. The highest BCUT2D eigenvalue weighted by atomic mass is 16.5. The smallest absolute Gasteiger partial charge is 0.251 e. The number of carbonyl (C=O) groups is 1. The minimum absolute atomic E-state index is 0.189. The molecule has 0 radical (unpaired) electrons. The first-order valence-corrected chi connectivity index (χ1v) is 8.90. The van der Waals surface area contributed by atoms with Crippen LogP contribution in [0, 0.1) is 0 Å². The highest BCUT2D eigenvalue weighted by Crippen LogP contribution is 2.18. The van der Waals surface area contributed by atoms with Gasteiger partial charge in [-0.05, 0) is 12.1 Å². The van der Waals surface area contributed by atoms with Crippen LogP contribution in [0.25, 0.3) is 0 Å². The van der Waals surface area contributed by atoms with Crippen LogP contribution < -0.4 is 15.0 Å². The van der Waals surface area contributed by atoms with E-state index in [-0.39, 0.29) is 5.91 Å². The van der Waals surface area contributed by atoms with E-state index in [0.717, 1.165) is 24.5 Å². The van der Waals surface area contributed by atoms with Crippen LogP contribution in [0.3, 0.4) is 0 Å². The Morgan fingerprint density at radius 3 is 2.89 bits per heavy atom. The van der Waals surface area contributed by atoms with Gasteiger partial charge < -0.3 is 24.4 Å². The van der Waals surface area contributed by atoms with E-state index < -0.39 is 0 Å². The van der Waals surface area contributed by atoms with E-state index in [0.29, 0.717) is 44.4 Å². The number of amides is 1. The number of hydrogen-bond donors (Lipinski definition) is 1. The van der Waals surface area contributed by atoms with Crippen molar-refractivity contribution >= 4 is 11.7 Å². The molecule has 3 heterocycles. The number of morpholine rings is 1. The van der Waals surface area contributed by atoms with Crippen LogP contribution in [0.15, 0.2) is 36.7 Å². The van der Waals surface area contributed by atoms with E-state index in [4.69, 9.17) is 14.2 Å². The van der Waals surface area contributed by atoms with Gasteiger partial charge in [0, 0.05) is 56.3 Å². The third-order valence-electron chi connectivity index (χ3n) is 4.15. The van der Waals surface area contributed by atoms with Gasteiger partial charge in [-0.2, -0.15) is 0 Å². The van der Waals surface area contributed by atoms with Crippen molar-refractivity contribution in [3.05, 3.63) is 47.8 Å². The average molecular weight is 372 g/mol. The molecule has 0 bridgehead atoms. The van der Waals surface area contributed by atoms with Gasteiger partial charge in [-0.15, -0.1) is 0 Å². The summed E-state index contributed by atoms with van der Waals surface area (Å²) in [6.07, 6.45) is 3.32. The monoisotopic (exact) mass is 372 g/mol. The van der Waals surface area contributed by atoms with Crippen molar-refractivity contribution in [2.24, 2.45) is 0 Å². The zero-order chi connectivity index (χ0) is 18.9. The van der Waals surface area contributed by atoms with Crippen molar-refractivity contribution in [2.45, 2.75) is 6.54 Å². The molecule has 1 aliphatic rings. The molecule has 0 spiro atoms. The first-order chi connectivity index (χ1) is 13.3. The van der Waals surface area contributed by atoms with Crippen LogP contribution in [0.4, 0.5) is 5.82 Å². The van der Waals surface area contributed by atoms with Gasteiger partial charge in [0.1, 0.15) is 12.4 Å².